The number of ether oxygens (including phenoxy) is 1. The van der Waals surface area contributed by atoms with Crippen LogP contribution in [0.15, 0.2) is 49.1 Å². The first-order chi connectivity index (χ1) is 15.6. The molecule has 1 fully saturated rings. The van der Waals surface area contributed by atoms with Gasteiger partial charge in [-0.3, -0.25) is 9.97 Å². The van der Waals surface area contributed by atoms with Gasteiger partial charge in [-0.2, -0.15) is 0 Å². The van der Waals surface area contributed by atoms with Gasteiger partial charge >= 0.3 is 0 Å². The monoisotopic (exact) mass is 433 g/mol. The van der Waals surface area contributed by atoms with Gasteiger partial charge < -0.3 is 9.64 Å². The van der Waals surface area contributed by atoms with Crippen LogP contribution in [0, 0.1) is 18.6 Å². The Balaban J connectivity index is 1.56. The third-order valence-electron chi connectivity index (χ3n) is 5.73. The largest absolute Gasteiger partial charge is 0.378 e. The lowest BCUT2D eigenvalue weighted by atomic mass is 9.99. The van der Waals surface area contributed by atoms with E-state index in [1.165, 1.54) is 12.4 Å². The molecule has 0 aliphatic carbocycles. The van der Waals surface area contributed by atoms with E-state index in [-0.39, 0.29) is 12.0 Å². The number of rotatable bonds is 4. The summed E-state index contributed by atoms with van der Waals surface area (Å²) in [7, 11) is 0. The van der Waals surface area contributed by atoms with Crippen LogP contribution in [0.3, 0.4) is 0 Å². The minimum atomic E-state index is -0.667. The number of nitrogens with zero attached hydrogens (tertiary/aromatic N) is 5. The van der Waals surface area contributed by atoms with Crippen molar-refractivity contribution in [3.63, 3.8) is 0 Å². The van der Waals surface area contributed by atoms with Gasteiger partial charge in [0.2, 0.25) is 0 Å². The van der Waals surface area contributed by atoms with Gasteiger partial charge in [0.05, 0.1) is 35.8 Å². The molecule has 32 heavy (non-hydrogen) atoms. The Morgan fingerprint density at radius 2 is 1.75 bits per heavy atom. The summed E-state index contributed by atoms with van der Waals surface area (Å²) in [4.78, 5) is 19.4. The lowest BCUT2D eigenvalue weighted by molar-refractivity contribution is 0.122. The van der Waals surface area contributed by atoms with Crippen LogP contribution in [0.4, 0.5) is 14.5 Å². The summed E-state index contributed by atoms with van der Waals surface area (Å²) in [6.45, 7) is 4.79. The summed E-state index contributed by atoms with van der Waals surface area (Å²) in [5, 5.41) is 0.705. The van der Waals surface area contributed by atoms with Crippen LogP contribution in [-0.4, -0.2) is 46.2 Å². The molecule has 0 bridgehead atoms. The zero-order valence-corrected chi connectivity index (χ0v) is 17.6. The van der Waals surface area contributed by atoms with Crippen LogP contribution in [0.2, 0.25) is 0 Å². The zero-order chi connectivity index (χ0) is 22.1. The average Bonchev–Trinajstić information content (AvgIpc) is 2.82. The Morgan fingerprint density at radius 1 is 0.938 bits per heavy atom. The first-order valence-corrected chi connectivity index (χ1v) is 10.4. The van der Waals surface area contributed by atoms with Gasteiger partial charge in [0.15, 0.2) is 0 Å². The molecule has 1 aliphatic rings. The van der Waals surface area contributed by atoms with Crippen LogP contribution in [0.5, 0.6) is 0 Å². The Hall–Kier alpha value is -3.52. The standard InChI is InChI=1S/C24H21F2N5O/c1-15-22(28-5-4-27-15)11-16-10-19(21(26)13-20(16)25)24-18-3-2-17(12-23(18)29-14-30-24)31-6-8-32-9-7-31/h2-5,10,12-14H,6-9,11H2,1H3. The summed E-state index contributed by atoms with van der Waals surface area (Å²) in [5.41, 5.74) is 4.08. The van der Waals surface area contributed by atoms with Crippen molar-refractivity contribution in [2.75, 3.05) is 31.2 Å². The van der Waals surface area contributed by atoms with Gasteiger partial charge in [0, 0.05) is 54.6 Å². The third-order valence-corrected chi connectivity index (χ3v) is 5.73. The lowest BCUT2D eigenvalue weighted by Gasteiger charge is -2.29. The summed E-state index contributed by atoms with van der Waals surface area (Å²) in [5.74, 6) is -1.29. The number of hydrogen-bond acceptors (Lipinski definition) is 6. The van der Waals surface area contributed by atoms with Gasteiger partial charge in [-0.25, -0.2) is 18.7 Å². The van der Waals surface area contributed by atoms with Gasteiger partial charge in [-0.05, 0) is 36.8 Å². The van der Waals surface area contributed by atoms with Crippen molar-refractivity contribution in [2.45, 2.75) is 13.3 Å². The molecule has 2 aromatic heterocycles. The molecule has 5 rings (SSSR count). The summed E-state index contributed by atoms with van der Waals surface area (Å²) >= 11 is 0. The van der Waals surface area contributed by atoms with E-state index in [2.05, 4.69) is 24.8 Å². The van der Waals surface area contributed by atoms with Crippen molar-refractivity contribution in [3.05, 3.63) is 77.6 Å². The van der Waals surface area contributed by atoms with Crippen molar-refractivity contribution in [1.29, 1.82) is 0 Å². The van der Waals surface area contributed by atoms with Crippen molar-refractivity contribution < 1.29 is 13.5 Å². The number of anilines is 1. The van der Waals surface area contributed by atoms with Crippen molar-refractivity contribution >= 4 is 16.6 Å². The van der Waals surface area contributed by atoms with E-state index in [0.29, 0.717) is 46.8 Å². The van der Waals surface area contributed by atoms with Crippen molar-refractivity contribution in [1.82, 2.24) is 19.9 Å². The minimum Gasteiger partial charge on any atom is -0.378 e. The Labute approximate surface area is 183 Å². The van der Waals surface area contributed by atoms with Crippen LogP contribution in [0.25, 0.3) is 22.2 Å². The molecular weight excluding hydrogens is 412 g/mol. The topological polar surface area (TPSA) is 64.0 Å². The molecule has 1 aliphatic heterocycles. The first-order valence-electron chi connectivity index (χ1n) is 10.4. The highest BCUT2D eigenvalue weighted by atomic mass is 19.1. The van der Waals surface area contributed by atoms with Crippen LogP contribution in [0.1, 0.15) is 17.0 Å². The molecule has 162 valence electrons. The van der Waals surface area contributed by atoms with E-state index in [0.717, 1.165) is 24.8 Å². The van der Waals surface area contributed by atoms with Gasteiger partial charge in [0.1, 0.15) is 18.0 Å². The maximum Gasteiger partial charge on any atom is 0.135 e. The highest BCUT2D eigenvalue weighted by Gasteiger charge is 2.18. The molecule has 0 unspecified atom stereocenters. The molecule has 3 heterocycles. The van der Waals surface area contributed by atoms with Crippen molar-refractivity contribution in [2.24, 2.45) is 0 Å². The van der Waals surface area contributed by atoms with E-state index in [1.54, 1.807) is 12.4 Å². The van der Waals surface area contributed by atoms with Gasteiger partial charge in [-0.1, -0.05) is 0 Å². The molecule has 6 nitrogen and oxygen atoms in total. The number of morpholine rings is 1. The quantitative estimate of drug-likeness (QED) is 0.483. The van der Waals surface area contributed by atoms with E-state index < -0.39 is 11.6 Å². The van der Waals surface area contributed by atoms with Gasteiger partial charge in [0.25, 0.3) is 0 Å². The summed E-state index contributed by atoms with van der Waals surface area (Å²) in [6.07, 6.45) is 4.77. The number of aromatic nitrogens is 4. The molecule has 1 saturated heterocycles. The maximum atomic E-state index is 14.9. The Morgan fingerprint density at radius 3 is 2.56 bits per heavy atom. The second-order valence-corrected chi connectivity index (χ2v) is 7.71. The van der Waals surface area contributed by atoms with Crippen LogP contribution in [-0.2, 0) is 11.2 Å². The number of halogens is 2. The number of fused-ring (bicyclic) bond motifs is 1. The van der Waals surface area contributed by atoms with E-state index in [9.17, 15) is 8.78 Å². The minimum absolute atomic E-state index is 0.211. The van der Waals surface area contributed by atoms with Crippen molar-refractivity contribution in [3.8, 4) is 11.3 Å². The highest BCUT2D eigenvalue weighted by molar-refractivity contribution is 5.94. The number of benzene rings is 2. The average molecular weight is 433 g/mol. The predicted molar refractivity (Wildman–Crippen MR) is 117 cm³/mol. The molecule has 0 amide bonds. The SMILES string of the molecule is Cc1nccnc1Cc1cc(-c2ncnc3cc(N4CCOCC4)ccc23)c(F)cc1F. The smallest absolute Gasteiger partial charge is 0.135 e. The fraction of sp³-hybridized carbons (Fsp3) is 0.250. The van der Waals surface area contributed by atoms with Crippen LogP contribution >= 0.6 is 0 Å². The van der Waals surface area contributed by atoms with Gasteiger partial charge in [-0.15, -0.1) is 0 Å². The molecule has 4 aromatic rings. The highest BCUT2D eigenvalue weighted by Crippen LogP contribution is 2.32. The first kappa shape index (κ1) is 20.4. The normalized spacial score (nSPS) is 14.2. The molecule has 8 heteroatoms. The molecule has 0 saturated carbocycles. The Bertz CT molecular complexity index is 1290. The second-order valence-electron chi connectivity index (χ2n) is 7.71. The zero-order valence-electron chi connectivity index (χ0n) is 17.6. The lowest BCUT2D eigenvalue weighted by Crippen LogP contribution is -2.36. The molecule has 2 aromatic carbocycles. The maximum absolute atomic E-state index is 14.9. The fourth-order valence-electron chi connectivity index (χ4n) is 3.98. The predicted octanol–water partition coefficient (Wildman–Crippen LogP) is 4.10. The van der Waals surface area contributed by atoms with Crippen LogP contribution < -0.4 is 4.90 Å². The summed E-state index contributed by atoms with van der Waals surface area (Å²) < 4.78 is 34.9. The third kappa shape index (κ3) is 3.89. The molecular formula is C24H21F2N5O. The fourth-order valence-corrected chi connectivity index (χ4v) is 3.98. The molecule has 0 radical (unpaired) electrons. The van der Waals surface area contributed by atoms with E-state index in [4.69, 9.17) is 4.74 Å². The Kier molecular flexibility index (Phi) is 5.45. The van der Waals surface area contributed by atoms with E-state index >= 15 is 0 Å². The number of aryl methyl sites for hydroxylation is 1. The molecule has 0 spiro atoms. The summed E-state index contributed by atoms with van der Waals surface area (Å²) in [6, 6.07) is 8.26. The van der Waals surface area contributed by atoms with E-state index in [1.807, 2.05) is 25.1 Å². The molecule has 0 N–H and O–H groups in total. The number of hydrogen-bond donors (Lipinski definition) is 0. The molecule has 0 atom stereocenters. The second kappa shape index (κ2) is 8.55.